The van der Waals surface area contributed by atoms with Crippen molar-refractivity contribution in [3.8, 4) is 11.8 Å². The molecule has 2 unspecified atom stereocenters. The molecule has 1 fully saturated rings. The average Bonchev–Trinajstić information content (AvgIpc) is 2.88. The van der Waals surface area contributed by atoms with E-state index in [4.69, 9.17) is 5.11 Å². The van der Waals surface area contributed by atoms with E-state index in [1.54, 1.807) is 24.3 Å². The molecule has 1 aliphatic carbocycles. The van der Waals surface area contributed by atoms with E-state index in [0.717, 1.165) is 23.5 Å². The largest absolute Gasteiger partial charge is 0.389 e. The molecule has 1 aliphatic rings. The molecule has 0 heterocycles. The van der Waals surface area contributed by atoms with Crippen LogP contribution in [0, 0.1) is 23.7 Å². The van der Waals surface area contributed by atoms with Crippen LogP contribution in [0.2, 0.25) is 0 Å². The number of alkyl halides is 1. The fraction of sp³-hybridized carbons (Fsp3) is 0.433. The Balaban J connectivity index is 1.55. The SMILES string of the molecule is CC(=O)C(C(=O)CO)C(I)C(=O)c1ccc(C#Cc2ccc(CCCC3CCCCC3)cc2)cc1. The van der Waals surface area contributed by atoms with Crippen LogP contribution in [0.1, 0.15) is 78.9 Å². The molecule has 35 heavy (non-hydrogen) atoms. The zero-order valence-electron chi connectivity index (χ0n) is 20.3. The highest BCUT2D eigenvalue weighted by atomic mass is 127. The van der Waals surface area contributed by atoms with E-state index in [1.165, 1.54) is 57.4 Å². The minimum Gasteiger partial charge on any atom is -0.389 e. The Morgan fingerprint density at radius 2 is 1.51 bits per heavy atom. The van der Waals surface area contributed by atoms with Gasteiger partial charge in [0.1, 0.15) is 12.4 Å². The van der Waals surface area contributed by atoms with Gasteiger partial charge in [0.2, 0.25) is 0 Å². The molecule has 4 nitrogen and oxygen atoms in total. The van der Waals surface area contributed by atoms with Crippen molar-refractivity contribution in [2.45, 2.75) is 62.2 Å². The second kappa shape index (κ2) is 13.7. The first-order valence-electron chi connectivity index (χ1n) is 12.4. The number of halogens is 1. The van der Waals surface area contributed by atoms with Crippen LogP contribution in [0.25, 0.3) is 0 Å². The molecule has 1 saturated carbocycles. The van der Waals surface area contributed by atoms with Crippen molar-refractivity contribution < 1.29 is 19.5 Å². The van der Waals surface area contributed by atoms with Gasteiger partial charge in [0.05, 0.1) is 9.84 Å². The Kier molecular flexibility index (Phi) is 10.7. The Morgan fingerprint density at radius 3 is 2.06 bits per heavy atom. The molecule has 0 radical (unpaired) electrons. The van der Waals surface area contributed by atoms with Crippen molar-refractivity contribution in [1.82, 2.24) is 0 Å². The minimum atomic E-state index is -1.14. The zero-order chi connectivity index (χ0) is 25.2. The van der Waals surface area contributed by atoms with Gasteiger partial charge < -0.3 is 5.11 Å². The monoisotopic (exact) mass is 584 g/mol. The van der Waals surface area contributed by atoms with Crippen molar-refractivity contribution in [2.24, 2.45) is 11.8 Å². The Morgan fingerprint density at radius 1 is 0.943 bits per heavy atom. The third kappa shape index (κ3) is 8.12. The van der Waals surface area contributed by atoms with E-state index in [1.807, 2.05) is 22.6 Å². The Hall–Kier alpha value is -2.30. The number of Topliss-reactive ketones (excluding diaryl/α,β-unsaturated/α-hetero) is 3. The smallest absolute Gasteiger partial charge is 0.176 e. The molecule has 3 rings (SSSR count). The predicted octanol–water partition coefficient (Wildman–Crippen LogP) is 5.74. The molecular weight excluding hydrogens is 551 g/mol. The second-order valence-corrected chi connectivity index (χ2v) is 10.7. The summed E-state index contributed by atoms with van der Waals surface area (Å²) < 4.78 is -0.858. The third-order valence-corrected chi connectivity index (χ3v) is 8.05. The third-order valence-electron chi connectivity index (χ3n) is 6.76. The van der Waals surface area contributed by atoms with E-state index in [9.17, 15) is 14.4 Å². The van der Waals surface area contributed by atoms with E-state index in [-0.39, 0.29) is 5.78 Å². The number of aliphatic hydroxyl groups is 1. The van der Waals surface area contributed by atoms with Gasteiger partial charge in [0, 0.05) is 16.7 Å². The van der Waals surface area contributed by atoms with Gasteiger partial charge in [-0.2, -0.15) is 0 Å². The summed E-state index contributed by atoms with van der Waals surface area (Å²) in [5, 5.41) is 9.12. The van der Waals surface area contributed by atoms with Crippen LogP contribution < -0.4 is 0 Å². The summed E-state index contributed by atoms with van der Waals surface area (Å²) in [4.78, 5) is 36.5. The van der Waals surface area contributed by atoms with Crippen LogP contribution in [-0.4, -0.2) is 33.0 Å². The predicted molar refractivity (Wildman–Crippen MR) is 147 cm³/mol. The van der Waals surface area contributed by atoms with Crippen LogP contribution in [-0.2, 0) is 16.0 Å². The lowest BCUT2D eigenvalue weighted by Crippen LogP contribution is -2.37. The molecule has 0 aliphatic heterocycles. The number of carbonyl (C=O) groups excluding carboxylic acids is 3. The number of ketones is 3. The topological polar surface area (TPSA) is 71.4 Å². The molecular formula is C30H33IO4. The van der Waals surface area contributed by atoms with Crippen LogP contribution in [0.4, 0.5) is 0 Å². The van der Waals surface area contributed by atoms with E-state index in [0.29, 0.717) is 5.56 Å². The zero-order valence-corrected chi connectivity index (χ0v) is 22.4. The molecule has 2 aromatic rings. The van der Waals surface area contributed by atoms with Gasteiger partial charge in [-0.25, -0.2) is 0 Å². The first-order chi connectivity index (χ1) is 16.9. The lowest BCUT2D eigenvalue weighted by Gasteiger charge is -2.21. The normalized spacial score (nSPS) is 15.5. The molecule has 0 bridgehead atoms. The first-order valence-corrected chi connectivity index (χ1v) is 13.7. The molecule has 1 N–H and O–H groups in total. The summed E-state index contributed by atoms with van der Waals surface area (Å²) >= 11 is 1.81. The van der Waals surface area contributed by atoms with E-state index >= 15 is 0 Å². The summed E-state index contributed by atoms with van der Waals surface area (Å²) in [5.74, 6) is 4.72. The van der Waals surface area contributed by atoms with Crippen LogP contribution in [0.5, 0.6) is 0 Å². The molecule has 0 spiro atoms. The summed E-state index contributed by atoms with van der Waals surface area (Å²) in [5.41, 5.74) is 3.48. The molecule has 2 atom stereocenters. The van der Waals surface area contributed by atoms with Crippen LogP contribution >= 0.6 is 22.6 Å². The molecule has 0 amide bonds. The minimum absolute atomic E-state index is 0.314. The number of hydrogen-bond donors (Lipinski definition) is 1. The summed E-state index contributed by atoms with van der Waals surface area (Å²) in [6.07, 6.45) is 10.7. The van der Waals surface area contributed by atoms with Crippen molar-refractivity contribution in [3.05, 3.63) is 70.8 Å². The second-order valence-electron chi connectivity index (χ2n) is 9.40. The quantitative estimate of drug-likeness (QED) is 0.127. The lowest BCUT2D eigenvalue weighted by molar-refractivity contribution is -0.132. The maximum absolute atomic E-state index is 12.8. The van der Waals surface area contributed by atoms with Crippen LogP contribution in [0.15, 0.2) is 48.5 Å². The Labute approximate surface area is 222 Å². The van der Waals surface area contributed by atoms with E-state index in [2.05, 4.69) is 36.1 Å². The van der Waals surface area contributed by atoms with Crippen molar-refractivity contribution in [3.63, 3.8) is 0 Å². The van der Waals surface area contributed by atoms with Crippen molar-refractivity contribution in [2.75, 3.05) is 6.61 Å². The summed E-state index contributed by atoms with van der Waals surface area (Å²) in [6, 6.07) is 15.3. The molecule has 0 saturated heterocycles. The molecule has 184 valence electrons. The number of carbonyl (C=O) groups is 3. The average molecular weight is 584 g/mol. The first kappa shape index (κ1) is 27.3. The van der Waals surface area contributed by atoms with Gasteiger partial charge in [-0.3, -0.25) is 14.4 Å². The van der Waals surface area contributed by atoms with Crippen molar-refractivity contribution in [1.29, 1.82) is 0 Å². The highest BCUT2D eigenvalue weighted by Gasteiger charge is 2.35. The lowest BCUT2D eigenvalue weighted by atomic mass is 9.85. The standard InChI is InChI=1S/C30H33IO4/c1-21(33)28(27(34)20-32)29(31)30(35)26-18-16-25(17-19-26)15-14-24-12-10-23(11-13-24)9-5-8-22-6-3-2-4-7-22/h10-13,16-19,22,28-29,32H,2-9,20H2,1H3. The number of hydrogen-bond acceptors (Lipinski definition) is 4. The van der Waals surface area contributed by atoms with Gasteiger partial charge in [-0.15, -0.1) is 0 Å². The molecule has 2 aromatic carbocycles. The fourth-order valence-corrected chi connectivity index (χ4v) is 5.96. The maximum Gasteiger partial charge on any atom is 0.176 e. The fourth-order valence-electron chi connectivity index (χ4n) is 4.69. The molecule has 0 aromatic heterocycles. The Bertz CT molecular complexity index is 1070. The number of benzene rings is 2. The molecule has 5 heteroatoms. The van der Waals surface area contributed by atoms with Crippen LogP contribution in [0.3, 0.4) is 0 Å². The number of aryl methyl sites for hydroxylation is 1. The van der Waals surface area contributed by atoms with E-state index < -0.39 is 28.0 Å². The number of aliphatic hydroxyl groups excluding tert-OH is 1. The number of rotatable bonds is 10. The van der Waals surface area contributed by atoms with Crippen molar-refractivity contribution >= 4 is 39.9 Å². The van der Waals surface area contributed by atoms with Gasteiger partial charge in [-0.1, -0.05) is 97.2 Å². The van der Waals surface area contributed by atoms with Gasteiger partial charge in [-0.05, 0) is 55.5 Å². The maximum atomic E-state index is 12.8. The van der Waals surface area contributed by atoms with Gasteiger partial charge in [0.15, 0.2) is 11.6 Å². The summed E-state index contributed by atoms with van der Waals surface area (Å²) in [7, 11) is 0. The van der Waals surface area contributed by atoms with Gasteiger partial charge in [0.25, 0.3) is 0 Å². The highest BCUT2D eigenvalue weighted by Crippen LogP contribution is 2.28. The highest BCUT2D eigenvalue weighted by molar-refractivity contribution is 14.1. The summed E-state index contributed by atoms with van der Waals surface area (Å²) in [6.45, 7) is 0.507. The van der Waals surface area contributed by atoms with Gasteiger partial charge >= 0.3 is 0 Å².